The lowest BCUT2D eigenvalue weighted by Crippen LogP contribution is -2.49. The number of benzene rings is 1. The van der Waals surface area contributed by atoms with Crippen LogP contribution in [0.25, 0.3) is 11.3 Å². The Kier molecular flexibility index (Phi) is 8.08. The molecule has 1 aromatic carbocycles. The third-order valence-corrected chi connectivity index (χ3v) is 8.29. The maximum absolute atomic E-state index is 15.0. The van der Waals surface area contributed by atoms with Crippen LogP contribution in [0.4, 0.5) is 26.3 Å². The highest BCUT2D eigenvalue weighted by Crippen LogP contribution is 2.47. The fourth-order valence-electron chi connectivity index (χ4n) is 5.67. The van der Waals surface area contributed by atoms with Gasteiger partial charge >= 0.3 is 12.1 Å². The zero-order valence-corrected chi connectivity index (χ0v) is 22.1. The molecule has 1 N–H and O–H groups in total. The van der Waals surface area contributed by atoms with E-state index in [2.05, 4.69) is 9.88 Å². The summed E-state index contributed by atoms with van der Waals surface area (Å²) >= 11 is 0. The van der Waals surface area contributed by atoms with E-state index in [1.807, 2.05) is 6.92 Å². The van der Waals surface area contributed by atoms with Crippen molar-refractivity contribution in [1.82, 2.24) is 14.8 Å². The summed E-state index contributed by atoms with van der Waals surface area (Å²) in [4.78, 5) is 7.62. The van der Waals surface area contributed by atoms with Gasteiger partial charge in [0.15, 0.2) is 0 Å². The van der Waals surface area contributed by atoms with Gasteiger partial charge in [-0.1, -0.05) is 12.1 Å². The lowest BCUT2D eigenvalue weighted by Gasteiger charge is -2.34. The van der Waals surface area contributed by atoms with Crippen LogP contribution >= 0.6 is 0 Å². The maximum atomic E-state index is 15.0. The molecule has 4 heterocycles. The molecule has 1 aromatic heterocycles. The molecule has 3 atom stereocenters. The van der Waals surface area contributed by atoms with E-state index in [0.29, 0.717) is 42.0 Å². The number of epoxide rings is 1. The third-order valence-electron chi connectivity index (χ3n) is 8.29. The van der Waals surface area contributed by atoms with Crippen molar-refractivity contribution in [3.63, 3.8) is 0 Å². The molecule has 0 saturated carbocycles. The second kappa shape index (κ2) is 11.1. The van der Waals surface area contributed by atoms with Crippen LogP contribution in [0.1, 0.15) is 44.3 Å². The number of rotatable bonds is 9. The van der Waals surface area contributed by atoms with Crippen molar-refractivity contribution in [1.29, 1.82) is 0 Å². The molecular weight excluding hydrogens is 540 g/mol. The zero-order valence-electron chi connectivity index (χ0n) is 22.1. The number of halogens is 6. The van der Waals surface area contributed by atoms with E-state index in [4.69, 9.17) is 9.47 Å². The summed E-state index contributed by atoms with van der Waals surface area (Å²) in [6.45, 7) is 2.07. The van der Waals surface area contributed by atoms with E-state index in [0.717, 1.165) is 24.3 Å². The fourth-order valence-corrected chi connectivity index (χ4v) is 5.67. The number of piperidine rings is 1. The summed E-state index contributed by atoms with van der Waals surface area (Å²) < 4.78 is 90.6. The second-order valence-electron chi connectivity index (χ2n) is 11.2. The molecular formula is C28H33F6N3O3. The van der Waals surface area contributed by atoms with Crippen LogP contribution in [0.3, 0.4) is 0 Å². The summed E-state index contributed by atoms with van der Waals surface area (Å²) in [7, 11) is 0. The normalized spacial score (nSPS) is 26.8. The number of aliphatic hydroxyl groups excluding tert-OH is 1. The van der Waals surface area contributed by atoms with Gasteiger partial charge in [-0.15, -0.1) is 0 Å². The van der Waals surface area contributed by atoms with E-state index in [9.17, 15) is 27.1 Å². The van der Waals surface area contributed by atoms with Crippen molar-refractivity contribution in [2.45, 2.75) is 62.6 Å². The smallest absolute Gasteiger partial charge is 0.454 e. The van der Waals surface area contributed by atoms with Gasteiger partial charge in [0.1, 0.15) is 23.9 Å². The summed E-state index contributed by atoms with van der Waals surface area (Å²) in [5, 5.41) is 9.79. The van der Waals surface area contributed by atoms with Crippen LogP contribution in [-0.2, 0) is 4.74 Å². The molecule has 3 fully saturated rings. The quantitative estimate of drug-likeness (QED) is 0.320. The Labute approximate surface area is 228 Å². The Balaban J connectivity index is 1.11. The van der Waals surface area contributed by atoms with Crippen LogP contribution in [0.5, 0.6) is 5.75 Å². The molecule has 12 heteroatoms. The largest absolute Gasteiger partial charge is 0.492 e. The first-order valence-corrected chi connectivity index (χ1v) is 13.5. The van der Waals surface area contributed by atoms with Crippen molar-refractivity contribution in [3.05, 3.63) is 47.9 Å². The Hall–Kier alpha value is -2.41. The van der Waals surface area contributed by atoms with E-state index in [1.54, 1.807) is 24.3 Å². The Morgan fingerprint density at radius 1 is 1.10 bits per heavy atom. The molecule has 3 saturated heterocycles. The average Bonchev–Trinajstić information content (AvgIpc) is 3.60. The Morgan fingerprint density at radius 2 is 1.85 bits per heavy atom. The third kappa shape index (κ3) is 6.09. The summed E-state index contributed by atoms with van der Waals surface area (Å²) in [6.07, 6.45) is -1.93. The number of likely N-dealkylation sites (tertiary alicyclic amines) is 2. The first-order valence-electron chi connectivity index (χ1n) is 13.5. The molecule has 2 aromatic rings. The minimum atomic E-state index is -5.55. The van der Waals surface area contributed by atoms with Gasteiger partial charge in [-0.25, -0.2) is 4.39 Å². The van der Waals surface area contributed by atoms with Crippen molar-refractivity contribution in [2.24, 2.45) is 5.92 Å². The summed E-state index contributed by atoms with van der Waals surface area (Å²) in [5.41, 5.74) is 1.26. The van der Waals surface area contributed by atoms with Gasteiger partial charge in [0.25, 0.3) is 0 Å². The minimum Gasteiger partial charge on any atom is -0.492 e. The highest BCUT2D eigenvalue weighted by molar-refractivity contribution is 5.60. The zero-order chi connectivity index (χ0) is 28.7. The first kappa shape index (κ1) is 29.1. The van der Waals surface area contributed by atoms with Crippen molar-refractivity contribution in [3.8, 4) is 17.0 Å². The van der Waals surface area contributed by atoms with Crippen LogP contribution in [-0.4, -0.2) is 83.1 Å². The number of hydrogen-bond donors (Lipinski definition) is 1. The molecule has 6 nitrogen and oxygen atoms in total. The molecule has 220 valence electrons. The molecule has 3 aliphatic rings. The van der Waals surface area contributed by atoms with E-state index >= 15 is 4.39 Å². The number of aromatic nitrogens is 1. The van der Waals surface area contributed by atoms with E-state index in [-0.39, 0.29) is 43.5 Å². The highest BCUT2D eigenvalue weighted by atomic mass is 19.4. The summed E-state index contributed by atoms with van der Waals surface area (Å²) in [6, 6.07) is 8.31. The standard InChI is InChI=1S/C28H33F6N3O3/c1-26(17-38)9-2-10-37(26)25-24(40-25)21-5-3-19(13-22(21)29)23-6-4-20(14-35-23)39-15-18-7-11-36(12-8-18)16-27(30,31)28(32,33)34/h3-6,13-14,18,24-25,38H,2,7-12,15-17H2,1H3/t24?,25?,26-/m0/s1. The van der Waals surface area contributed by atoms with Crippen LogP contribution in [0.2, 0.25) is 0 Å². The number of aliphatic hydroxyl groups is 1. The lowest BCUT2D eigenvalue weighted by atomic mass is 9.97. The van der Waals surface area contributed by atoms with Gasteiger partial charge in [-0.3, -0.25) is 14.8 Å². The SMILES string of the molecule is C[C@@]1(CO)CCCN1C1OC1c1ccc(-c2ccc(OCC3CCN(CC(F)(F)C(F)(F)F)CC3)cn2)cc1F. The molecule has 0 spiro atoms. The first-order chi connectivity index (χ1) is 18.9. The second-order valence-corrected chi connectivity index (χ2v) is 11.2. The van der Waals surface area contributed by atoms with Crippen molar-refractivity contribution >= 4 is 0 Å². The fraction of sp³-hybridized carbons (Fsp3) is 0.607. The molecule has 0 amide bonds. The van der Waals surface area contributed by atoms with Crippen LogP contribution in [0, 0.1) is 11.7 Å². The number of pyridine rings is 1. The molecule has 5 rings (SSSR count). The highest BCUT2D eigenvalue weighted by Gasteiger charge is 2.58. The molecule has 3 aliphatic heterocycles. The van der Waals surface area contributed by atoms with Crippen molar-refractivity contribution < 1.29 is 40.9 Å². The number of nitrogens with zero attached hydrogens (tertiary/aromatic N) is 3. The molecule has 2 unspecified atom stereocenters. The van der Waals surface area contributed by atoms with Crippen molar-refractivity contribution in [2.75, 3.05) is 39.4 Å². The van der Waals surface area contributed by atoms with E-state index in [1.165, 1.54) is 12.3 Å². The number of alkyl halides is 5. The molecule has 0 radical (unpaired) electrons. The summed E-state index contributed by atoms with van der Waals surface area (Å²) in [5.74, 6) is -4.60. The predicted molar refractivity (Wildman–Crippen MR) is 134 cm³/mol. The molecule has 0 aliphatic carbocycles. The maximum Gasteiger partial charge on any atom is 0.454 e. The van der Waals surface area contributed by atoms with Gasteiger partial charge in [0.2, 0.25) is 0 Å². The van der Waals surface area contributed by atoms with Gasteiger partial charge < -0.3 is 14.6 Å². The Morgan fingerprint density at radius 3 is 2.48 bits per heavy atom. The van der Waals surface area contributed by atoms with Gasteiger partial charge in [-0.2, -0.15) is 22.0 Å². The molecule has 0 bridgehead atoms. The topological polar surface area (TPSA) is 61.4 Å². The average molecular weight is 574 g/mol. The van der Waals surface area contributed by atoms with Gasteiger partial charge in [0, 0.05) is 23.2 Å². The minimum absolute atomic E-state index is 0.0263. The Bertz CT molecular complexity index is 1170. The molecule has 40 heavy (non-hydrogen) atoms. The lowest BCUT2D eigenvalue weighted by molar-refractivity contribution is -0.287. The number of ether oxygens (including phenoxy) is 2. The van der Waals surface area contributed by atoms with E-state index < -0.39 is 24.5 Å². The number of hydrogen-bond acceptors (Lipinski definition) is 6. The van der Waals surface area contributed by atoms with Crippen LogP contribution in [0.15, 0.2) is 36.5 Å². The van der Waals surface area contributed by atoms with Gasteiger partial charge in [0.05, 0.1) is 31.6 Å². The monoisotopic (exact) mass is 573 g/mol. The van der Waals surface area contributed by atoms with Gasteiger partial charge in [-0.05, 0) is 69.8 Å². The predicted octanol–water partition coefficient (Wildman–Crippen LogP) is 5.42. The van der Waals surface area contributed by atoms with Crippen LogP contribution < -0.4 is 4.74 Å².